The van der Waals surface area contributed by atoms with Crippen LogP contribution < -0.4 is 19.7 Å². The second-order valence-electron chi connectivity index (χ2n) is 7.20. The van der Waals surface area contributed by atoms with E-state index in [0.29, 0.717) is 47.2 Å². The molecule has 32 heavy (non-hydrogen) atoms. The zero-order valence-corrected chi connectivity index (χ0v) is 16.9. The number of anilines is 2. The molecule has 7 heteroatoms. The predicted octanol–water partition coefficient (Wildman–Crippen LogP) is 3.73. The van der Waals surface area contributed by atoms with Crippen molar-refractivity contribution in [1.29, 1.82) is 5.26 Å². The number of benzene rings is 3. The molecule has 0 spiro atoms. The van der Waals surface area contributed by atoms with Gasteiger partial charge >= 0.3 is 0 Å². The van der Waals surface area contributed by atoms with Gasteiger partial charge in [-0.3, -0.25) is 9.59 Å². The Balaban J connectivity index is 1.56. The number of nitriles is 1. The number of hydrogen-bond donors (Lipinski definition) is 1. The van der Waals surface area contributed by atoms with Crippen LogP contribution in [0, 0.1) is 11.3 Å². The molecular weight excluding hydrogens is 406 g/mol. The van der Waals surface area contributed by atoms with Gasteiger partial charge in [0, 0.05) is 11.8 Å². The summed E-state index contributed by atoms with van der Waals surface area (Å²) >= 11 is 0. The minimum absolute atomic E-state index is 0.169. The molecule has 3 aromatic rings. The fourth-order valence-electron chi connectivity index (χ4n) is 3.70. The van der Waals surface area contributed by atoms with Crippen molar-refractivity contribution in [3.05, 3.63) is 89.6 Å². The van der Waals surface area contributed by atoms with Gasteiger partial charge in [-0.25, -0.2) is 4.90 Å². The number of carbonyl (C=O) groups excluding carboxylic acids is 2. The Bertz CT molecular complexity index is 1290. The Labute approximate surface area is 184 Å². The summed E-state index contributed by atoms with van der Waals surface area (Å²) in [5.74, 6) is 0.287. The van der Waals surface area contributed by atoms with Crippen molar-refractivity contribution >= 4 is 28.8 Å². The van der Waals surface area contributed by atoms with Gasteiger partial charge in [0.1, 0.15) is 18.9 Å². The van der Waals surface area contributed by atoms with Gasteiger partial charge in [0.25, 0.3) is 11.8 Å². The summed E-state index contributed by atoms with van der Waals surface area (Å²) in [4.78, 5) is 27.9. The highest BCUT2D eigenvalue weighted by molar-refractivity contribution is 6.46. The number of fused-ring (bicyclic) bond motifs is 1. The molecule has 0 aliphatic carbocycles. The Hall–Kier alpha value is -4.57. The van der Waals surface area contributed by atoms with Crippen molar-refractivity contribution in [2.75, 3.05) is 23.4 Å². The van der Waals surface area contributed by atoms with E-state index in [1.165, 1.54) is 0 Å². The van der Waals surface area contributed by atoms with Crippen molar-refractivity contribution < 1.29 is 19.1 Å². The molecule has 0 saturated carbocycles. The molecule has 7 nitrogen and oxygen atoms in total. The van der Waals surface area contributed by atoms with Crippen LogP contribution in [0.15, 0.2) is 78.5 Å². The molecule has 1 N–H and O–H groups in total. The monoisotopic (exact) mass is 423 g/mol. The van der Waals surface area contributed by atoms with E-state index in [-0.39, 0.29) is 11.3 Å². The first-order valence-corrected chi connectivity index (χ1v) is 10.0. The van der Waals surface area contributed by atoms with E-state index in [1.54, 1.807) is 54.6 Å². The SMILES string of the molecule is N#Cc1ccc(N2C(=O)C(Nc3ccc4c(c3)OCCO4)=C(c3ccccc3)C2=O)cc1. The van der Waals surface area contributed by atoms with E-state index in [4.69, 9.17) is 14.7 Å². The smallest absolute Gasteiger partial charge is 0.282 e. The van der Waals surface area contributed by atoms with E-state index in [2.05, 4.69) is 5.32 Å². The number of hydrogen-bond acceptors (Lipinski definition) is 6. The summed E-state index contributed by atoms with van der Waals surface area (Å²) in [6.45, 7) is 0.925. The second-order valence-corrected chi connectivity index (χ2v) is 7.20. The fraction of sp³-hybridized carbons (Fsp3) is 0.0800. The van der Waals surface area contributed by atoms with Crippen molar-refractivity contribution in [2.45, 2.75) is 0 Å². The summed E-state index contributed by atoms with van der Waals surface area (Å²) in [6.07, 6.45) is 0. The third-order valence-electron chi connectivity index (χ3n) is 5.21. The predicted molar refractivity (Wildman–Crippen MR) is 118 cm³/mol. The van der Waals surface area contributed by atoms with Gasteiger partial charge in [-0.1, -0.05) is 30.3 Å². The molecule has 0 radical (unpaired) electrons. The Morgan fingerprint density at radius 3 is 2.28 bits per heavy atom. The summed E-state index contributed by atoms with van der Waals surface area (Å²) in [7, 11) is 0. The lowest BCUT2D eigenvalue weighted by Gasteiger charge is -2.19. The van der Waals surface area contributed by atoms with E-state index in [9.17, 15) is 9.59 Å². The number of ether oxygens (including phenoxy) is 2. The second kappa shape index (κ2) is 7.93. The summed E-state index contributed by atoms with van der Waals surface area (Å²) in [5, 5.41) is 12.2. The van der Waals surface area contributed by atoms with Crippen molar-refractivity contribution in [3.8, 4) is 17.6 Å². The molecule has 156 valence electrons. The van der Waals surface area contributed by atoms with Crippen LogP contribution in [0.3, 0.4) is 0 Å². The van der Waals surface area contributed by atoms with Crippen molar-refractivity contribution in [2.24, 2.45) is 0 Å². The first kappa shape index (κ1) is 19.4. The van der Waals surface area contributed by atoms with Gasteiger partial charge in [-0.05, 0) is 42.0 Å². The highest BCUT2D eigenvalue weighted by Crippen LogP contribution is 2.36. The van der Waals surface area contributed by atoms with Gasteiger partial charge < -0.3 is 14.8 Å². The van der Waals surface area contributed by atoms with Crippen LogP contribution >= 0.6 is 0 Å². The van der Waals surface area contributed by atoms with E-state index >= 15 is 0 Å². The minimum atomic E-state index is -0.478. The normalized spacial score (nSPS) is 15.0. The third kappa shape index (κ3) is 3.34. The van der Waals surface area contributed by atoms with Crippen LogP contribution in [0.25, 0.3) is 5.57 Å². The standard InChI is InChI=1S/C25H17N3O4/c26-15-16-6-9-19(10-7-16)28-24(29)22(17-4-2-1-3-5-17)23(25(28)30)27-18-8-11-20-21(14-18)32-13-12-31-20/h1-11,14,27H,12-13H2. The van der Waals surface area contributed by atoms with E-state index in [0.717, 1.165) is 4.90 Å². The van der Waals surface area contributed by atoms with Crippen LogP contribution in [0.5, 0.6) is 11.5 Å². The van der Waals surface area contributed by atoms with Crippen LogP contribution in [-0.4, -0.2) is 25.0 Å². The molecule has 2 amide bonds. The zero-order chi connectivity index (χ0) is 22.1. The summed E-state index contributed by atoms with van der Waals surface area (Å²) < 4.78 is 11.2. The largest absolute Gasteiger partial charge is 0.486 e. The molecule has 0 aromatic heterocycles. The lowest BCUT2D eigenvalue weighted by molar-refractivity contribution is -0.120. The topological polar surface area (TPSA) is 91.7 Å². The first-order chi connectivity index (χ1) is 15.7. The molecule has 0 fully saturated rings. The molecule has 3 aromatic carbocycles. The number of nitrogens with zero attached hydrogens (tertiary/aromatic N) is 2. The zero-order valence-electron chi connectivity index (χ0n) is 16.9. The molecule has 2 aliphatic heterocycles. The lowest BCUT2D eigenvalue weighted by atomic mass is 10.0. The van der Waals surface area contributed by atoms with Gasteiger partial charge in [-0.2, -0.15) is 5.26 Å². The van der Waals surface area contributed by atoms with Crippen LogP contribution in [-0.2, 0) is 9.59 Å². The molecule has 0 saturated heterocycles. The average Bonchev–Trinajstić information content (AvgIpc) is 3.08. The Morgan fingerprint density at radius 1 is 0.844 bits per heavy atom. The number of nitrogens with one attached hydrogen (secondary N) is 1. The van der Waals surface area contributed by atoms with Crippen LogP contribution in [0.4, 0.5) is 11.4 Å². The summed E-state index contributed by atoms with van der Waals surface area (Å²) in [6, 6.07) is 22.7. The molecule has 2 aliphatic rings. The van der Waals surface area contributed by atoms with Crippen LogP contribution in [0.1, 0.15) is 11.1 Å². The fourth-order valence-corrected chi connectivity index (χ4v) is 3.70. The third-order valence-corrected chi connectivity index (χ3v) is 5.21. The highest BCUT2D eigenvalue weighted by Gasteiger charge is 2.40. The van der Waals surface area contributed by atoms with Crippen molar-refractivity contribution in [1.82, 2.24) is 0 Å². The molecule has 0 bridgehead atoms. The van der Waals surface area contributed by atoms with Crippen molar-refractivity contribution in [3.63, 3.8) is 0 Å². The van der Waals surface area contributed by atoms with Gasteiger partial charge in [0.2, 0.25) is 0 Å². The van der Waals surface area contributed by atoms with Crippen LogP contribution in [0.2, 0.25) is 0 Å². The van der Waals surface area contributed by atoms with E-state index in [1.807, 2.05) is 24.3 Å². The quantitative estimate of drug-likeness (QED) is 0.643. The Kier molecular flexibility index (Phi) is 4.81. The lowest BCUT2D eigenvalue weighted by Crippen LogP contribution is -2.32. The molecule has 5 rings (SSSR count). The average molecular weight is 423 g/mol. The number of imide groups is 1. The van der Waals surface area contributed by atoms with Gasteiger partial charge in [0.05, 0.1) is 22.9 Å². The molecule has 0 unspecified atom stereocenters. The maximum absolute atomic E-state index is 13.4. The van der Waals surface area contributed by atoms with Gasteiger partial charge in [-0.15, -0.1) is 0 Å². The molecule has 2 heterocycles. The van der Waals surface area contributed by atoms with Gasteiger partial charge in [0.15, 0.2) is 11.5 Å². The molecule has 0 atom stereocenters. The maximum Gasteiger partial charge on any atom is 0.282 e. The highest BCUT2D eigenvalue weighted by atomic mass is 16.6. The number of rotatable bonds is 4. The number of amides is 2. The minimum Gasteiger partial charge on any atom is -0.486 e. The Morgan fingerprint density at radius 2 is 1.56 bits per heavy atom. The first-order valence-electron chi connectivity index (χ1n) is 10.0. The summed E-state index contributed by atoms with van der Waals surface area (Å²) in [5.41, 5.74) is 2.50. The maximum atomic E-state index is 13.4. The number of carbonyl (C=O) groups is 2. The van der Waals surface area contributed by atoms with E-state index < -0.39 is 11.8 Å². The molecular formula is C25H17N3O4.